The number of rotatable bonds is 2. The number of carbonyl (C=O) groups excluding carboxylic acids is 1. The summed E-state index contributed by atoms with van der Waals surface area (Å²) in [6.45, 7) is 2.57. The number of aromatic nitrogens is 2. The number of carbonyl (C=O) groups is 1. The quantitative estimate of drug-likeness (QED) is 0.791. The second kappa shape index (κ2) is 5.22. The lowest BCUT2D eigenvalue weighted by molar-refractivity contribution is -0.0194. The maximum absolute atomic E-state index is 12.0. The monoisotopic (exact) mass is 262 g/mol. The average Bonchev–Trinajstić information content (AvgIpc) is 2.83. The Balaban J connectivity index is 1.58. The first-order valence-corrected chi connectivity index (χ1v) is 6.69. The van der Waals surface area contributed by atoms with Gasteiger partial charge in [0.15, 0.2) is 0 Å². The van der Waals surface area contributed by atoms with Crippen molar-refractivity contribution in [1.29, 1.82) is 0 Å². The van der Waals surface area contributed by atoms with E-state index in [0.717, 1.165) is 32.4 Å². The molecule has 0 unspecified atom stereocenters. The van der Waals surface area contributed by atoms with Crippen molar-refractivity contribution in [1.82, 2.24) is 20.6 Å². The van der Waals surface area contributed by atoms with E-state index in [4.69, 9.17) is 4.74 Å². The van der Waals surface area contributed by atoms with Gasteiger partial charge in [0.2, 0.25) is 0 Å². The predicted molar refractivity (Wildman–Crippen MR) is 68.7 cm³/mol. The standard InChI is InChI=1S/C13H18N4O2/c18-12(11-8-15-5-6-16-11)17-10-7-13(19-9-10)1-3-14-4-2-13/h5-6,8,10,14H,1-4,7,9H2,(H,17,18)/t10-/m0/s1. The predicted octanol–water partition coefficient (Wildman–Crippen LogP) is 0.117. The largest absolute Gasteiger partial charge is 0.373 e. The van der Waals surface area contributed by atoms with Gasteiger partial charge in [0, 0.05) is 12.4 Å². The number of hydrogen-bond donors (Lipinski definition) is 2. The Morgan fingerprint density at radius 1 is 1.42 bits per heavy atom. The first-order valence-electron chi connectivity index (χ1n) is 6.69. The molecule has 2 N–H and O–H groups in total. The van der Waals surface area contributed by atoms with E-state index in [0.29, 0.717) is 12.3 Å². The van der Waals surface area contributed by atoms with Crippen molar-refractivity contribution in [2.45, 2.75) is 30.9 Å². The zero-order chi connectivity index (χ0) is 13.1. The van der Waals surface area contributed by atoms with E-state index in [2.05, 4.69) is 20.6 Å². The van der Waals surface area contributed by atoms with Crippen molar-refractivity contribution in [2.24, 2.45) is 0 Å². The molecular formula is C13H18N4O2. The van der Waals surface area contributed by atoms with E-state index >= 15 is 0 Å². The summed E-state index contributed by atoms with van der Waals surface area (Å²) in [4.78, 5) is 19.9. The maximum Gasteiger partial charge on any atom is 0.271 e. The van der Waals surface area contributed by atoms with Crippen LogP contribution in [0.1, 0.15) is 29.8 Å². The Bertz CT molecular complexity index is 445. The molecule has 2 fully saturated rings. The lowest BCUT2D eigenvalue weighted by Crippen LogP contribution is -2.43. The van der Waals surface area contributed by atoms with Gasteiger partial charge in [-0.3, -0.25) is 9.78 Å². The highest BCUT2D eigenvalue weighted by Gasteiger charge is 2.41. The molecule has 6 nitrogen and oxygen atoms in total. The zero-order valence-electron chi connectivity index (χ0n) is 10.8. The Labute approximate surface area is 112 Å². The molecule has 2 aliphatic heterocycles. The number of hydrogen-bond acceptors (Lipinski definition) is 5. The molecule has 1 atom stereocenters. The summed E-state index contributed by atoms with van der Waals surface area (Å²) in [6.07, 6.45) is 7.48. The number of ether oxygens (including phenoxy) is 1. The van der Waals surface area contributed by atoms with E-state index < -0.39 is 0 Å². The zero-order valence-corrected chi connectivity index (χ0v) is 10.8. The van der Waals surface area contributed by atoms with Crippen LogP contribution in [0, 0.1) is 0 Å². The molecule has 1 aromatic heterocycles. The van der Waals surface area contributed by atoms with E-state index in [1.54, 1.807) is 6.20 Å². The first-order chi connectivity index (χ1) is 9.27. The van der Waals surface area contributed by atoms with Crippen LogP contribution >= 0.6 is 0 Å². The van der Waals surface area contributed by atoms with Gasteiger partial charge in [0.25, 0.3) is 5.91 Å². The van der Waals surface area contributed by atoms with Gasteiger partial charge in [-0.05, 0) is 32.4 Å². The van der Waals surface area contributed by atoms with Crippen LogP contribution in [0.25, 0.3) is 0 Å². The van der Waals surface area contributed by atoms with E-state index in [-0.39, 0.29) is 17.6 Å². The Hall–Kier alpha value is -1.53. The fourth-order valence-electron chi connectivity index (χ4n) is 2.84. The third-order valence-corrected chi connectivity index (χ3v) is 3.85. The van der Waals surface area contributed by atoms with Crippen LogP contribution in [0.5, 0.6) is 0 Å². The third kappa shape index (κ3) is 2.74. The van der Waals surface area contributed by atoms with Crippen LogP contribution in [0.4, 0.5) is 0 Å². The van der Waals surface area contributed by atoms with Crippen molar-refractivity contribution in [3.63, 3.8) is 0 Å². The SMILES string of the molecule is O=C(N[C@@H]1COC2(CCNCC2)C1)c1cnccn1. The molecule has 0 saturated carbocycles. The average molecular weight is 262 g/mol. The Kier molecular flexibility index (Phi) is 3.44. The molecule has 3 rings (SSSR count). The fraction of sp³-hybridized carbons (Fsp3) is 0.615. The second-order valence-electron chi connectivity index (χ2n) is 5.21. The molecule has 3 heterocycles. The van der Waals surface area contributed by atoms with Gasteiger partial charge in [-0.15, -0.1) is 0 Å². The van der Waals surface area contributed by atoms with Gasteiger partial charge in [-0.25, -0.2) is 4.98 Å². The van der Waals surface area contributed by atoms with Gasteiger partial charge in [-0.2, -0.15) is 0 Å². The summed E-state index contributed by atoms with van der Waals surface area (Å²) in [5, 5.41) is 6.31. The minimum Gasteiger partial charge on any atom is -0.373 e. The van der Waals surface area contributed by atoms with Crippen molar-refractivity contribution in [2.75, 3.05) is 19.7 Å². The molecule has 1 spiro atoms. The van der Waals surface area contributed by atoms with E-state index in [9.17, 15) is 4.79 Å². The summed E-state index contributed by atoms with van der Waals surface area (Å²) in [5.41, 5.74) is 0.319. The van der Waals surface area contributed by atoms with Gasteiger partial charge in [0.1, 0.15) is 5.69 Å². The minimum atomic E-state index is -0.173. The summed E-state index contributed by atoms with van der Waals surface area (Å²) in [7, 11) is 0. The molecule has 1 amide bonds. The van der Waals surface area contributed by atoms with E-state index in [1.165, 1.54) is 12.4 Å². The molecule has 6 heteroatoms. The number of nitrogens with one attached hydrogen (secondary N) is 2. The molecular weight excluding hydrogens is 244 g/mol. The molecule has 0 bridgehead atoms. The van der Waals surface area contributed by atoms with E-state index in [1.807, 2.05) is 0 Å². The van der Waals surface area contributed by atoms with Crippen LogP contribution in [0.15, 0.2) is 18.6 Å². The van der Waals surface area contributed by atoms with Crippen LogP contribution in [-0.4, -0.2) is 47.2 Å². The molecule has 102 valence electrons. The summed E-state index contributed by atoms with van der Waals surface area (Å²) >= 11 is 0. The van der Waals surface area contributed by atoms with Gasteiger partial charge in [-0.1, -0.05) is 0 Å². The first kappa shape index (κ1) is 12.5. The second-order valence-corrected chi connectivity index (χ2v) is 5.21. The fourth-order valence-corrected chi connectivity index (χ4v) is 2.84. The number of nitrogens with zero attached hydrogens (tertiary/aromatic N) is 2. The summed E-state index contributed by atoms with van der Waals surface area (Å²) in [5.74, 6) is -0.173. The maximum atomic E-state index is 12.0. The Morgan fingerprint density at radius 3 is 3.00 bits per heavy atom. The minimum absolute atomic E-state index is 0.0361. The molecule has 1 aromatic rings. The van der Waals surface area contributed by atoms with Gasteiger partial charge >= 0.3 is 0 Å². The summed E-state index contributed by atoms with van der Waals surface area (Å²) < 4.78 is 5.94. The highest BCUT2D eigenvalue weighted by molar-refractivity contribution is 5.92. The van der Waals surface area contributed by atoms with Crippen molar-refractivity contribution in [3.05, 3.63) is 24.3 Å². The van der Waals surface area contributed by atoms with Crippen molar-refractivity contribution >= 4 is 5.91 Å². The van der Waals surface area contributed by atoms with Crippen LogP contribution in [0.2, 0.25) is 0 Å². The van der Waals surface area contributed by atoms with Gasteiger partial charge < -0.3 is 15.4 Å². The topological polar surface area (TPSA) is 76.1 Å². The highest BCUT2D eigenvalue weighted by Crippen LogP contribution is 2.33. The molecule has 0 aliphatic carbocycles. The molecule has 2 saturated heterocycles. The third-order valence-electron chi connectivity index (χ3n) is 3.85. The molecule has 19 heavy (non-hydrogen) atoms. The van der Waals surface area contributed by atoms with Crippen LogP contribution < -0.4 is 10.6 Å². The lowest BCUT2D eigenvalue weighted by atomic mass is 9.88. The van der Waals surface area contributed by atoms with Gasteiger partial charge in [0.05, 0.1) is 24.4 Å². The highest BCUT2D eigenvalue weighted by atomic mass is 16.5. The lowest BCUT2D eigenvalue weighted by Gasteiger charge is -2.32. The number of amides is 1. The van der Waals surface area contributed by atoms with Crippen molar-refractivity contribution < 1.29 is 9.53 Å². The Morgan fingerprint density at radius 2 is 2.26 bits per heavy atom. The normalized spacial score (nSPS) is 25.4. The molecule has 0 radical (unpaired) electrons. The molecule has 2 aliphatic rings. The van der Waals surface area contributed by atoms with Crippen LogP contribution in [0.3, 0.4) is 0 Å². The van der Waals surface area contributed by atoms with Crippen LogP contribution in [-0.2, 0) is 4.74 Å². The summed E-state index contributed by atoms with van der Waals surface area (Å²) in [6, 6.07) is 0.0765. The smallest absolute Gasteiger partial charge is 0.271 e. The van der Waals surface area contributed by atoms with Crippen molar-refractivity contribution in [3.8, 4) is 0 Å². The molecule has 0 aromatic carbocycles. The number of piperidine rings is 1.